The van der Waals surface area contributed by atoms with E-state index in [9.17, 15) is 14.0 Å². The predicted molar refractivity (Wildman–Crippen MR) is 64.7 cm³/mol. The number of halogens is 1. The van der Waals surface area contributed by atoms with E-state index >= 15 is 0 Å². The van der Waals surface area contributed by atoms with Gasteiger partial charge < -0.3 is 14.7 Å². The van der Waals surface area contributed by atoms with Crippen LogP contribution in [0.1, 0.15) is 27.6 Å². The van der Waals surface area contributed by atoms with Crippen molar-refractivity contribution in [2.24, 2.45) is 0 Å². The van der Waals surface area contributed by atoms with Crippen LogP contribution in [0.5, 0.6) is 0 Å². The third-order valence-corrected chi connectivity index (χ3v) is 2.97. The van der Waals surface area contributed by atoms with Crippen molar-refractivity contribution in [1.29, 1.82) is 0 Å². The lowest BCUT2D eigenvalue weighted by molar-refractivity contribution is -0.0125. The maximum absolute atomic E-state index is 13.8. The second-order valence-electron chi connectivity index (χ2n) is 4.43. The molecule has 1 aromatic rings. The first kappa shape index (κ1) is 13.5. The minimum Gasteiger partial charge on any atom is -0.478 e. The molecule has 0 saturated carbocycles. The Morgan fingerprint density at radius 3 is 2.79 bits per heavy atom. The molecule has 0 spiro atoms. The summed E-state index contributed by atoms with van der Waals surface area (Å²) >= 11 is 0. The van der Waals surface area contributed by atoms with Gasteiger partial charge in [0.2, 0.25) is 0 Å². The number of carboxylic acid groups (broad SMARTS) is 1. The van der Waals surface area contributed by atoms with E-state index in [4.69, 9.17) is 9.84 Å². The van der Waals surface area contributed by atoms with Gasteiger partial charge in [-0.25, -0.2) is 9.18 Å². The average molecular weight is 267 g/mol. The summed E-state index contributed by atoms with van der Waals surface area (Å²) in [5.41, 5.74) is -0.288. The van der Waals surface area contributed by atoms with E-state index in [-0.39, 0.29) is 17.2 Å². The van der Waals surface area contributed by atoms with E-state index in [0.29, 0.717) is 19.7 Å². The Morgan fingerprint density at radius 2 is 2.21 bits per heavy atom. The maximum Gasteiger partial charge on any atom is 0.335 e. The van der Waals surface area contributed by atoms with Gasteiger partial charge in [-0.1, -0.05) is 0 Å². The van der Waals surface area contributed by atoms with Crippen LogP contribution in [0, 0.1) is 5.82 Å². The number of rotatable bonds is 2. The molecule has 2 rings (SSSR count). The second kappa shape index (κ2) is 5.36. The summed E-state index contributed by atoms with van der Waals surface area (Å²) in [6.07, 6.45) is -0.0842. The van der Waals surface area contributed by atoms with Crippen molar-refractivity contribution in [3.8, 4) is 0 Å². The van der Waals surface area contributed by atoms with Gasteiger partial charge in [-0.05, 0) is 25.1 Å². The number of nitrogens with zero attached hydrogens (tertiary/aromatic N) is 1. The number of aromatic carboxylic acids is 1. The fourth-order valence-electron chi connectivity index (χ4n) is 1.99. The SMILES string of the molecule is CC1CN(C(=O)c2ccc(C(=O)O)cc2F)CCO1. The van der Waals surface area contributed by atoms with Gasteiger partial charge in [0, 0.05) is 13.1 Å². The van der Waals surface area contributed by atoms with Crippen LogP contribution in [0.15, 0.2) is 18.2 Å². The van der Waals surface area contributed by atoms with Gasteiger partial charge in [-0.2, -0.15) is 0 Å². The lowest BCUT2D eigenvalue weighted by atomic mass is 10.1. The molecule has 1 heterocycles. The van der Waals surface area contributed by atoms with Crippen LogP contribution < -0.4 is 0 Å². The van der Waals surface area contributed by atoms with Gasteiger partial charge >= 0.3 is 5.97 Å². The van der Waals surface area contributed by atoms with E-state index in [1.165, 1.54) is 17.0 Å². The van der Waals surface area contributed by atoms with Gasteiger partial charge in [0.1, 0.15) is 5.82 Å². The first-order valence-corrected chi connectivity index (χ1v) is 5.92. The summed E-state index contributed by atoms with van der Waals surface area (Å²) in [7, 11) is 0. The normalized spacial score (nSPS) is 19.3. The van der Waals surface area contributed by atoms with E-state index in [2.05, 4.69) is 0 Å². The Labute approximate surface area is 109 Å². The molecule has 1 atom stereocenters. The van der Waals surface area contributed by atoms with Crippen molar-refractivity contribution >= 4 is 11.9 Å². The quantitative estimate of drug-likeness (QED) is 0.879. The average Bonchev–Trinajstić information content (AvgIpc) is 2.37. The van der Waals surface area contributed by atoms with Gasteiger partial charge in [-0.15, -0.1) is 0 Å². The summed E-state index contributed by atoms with van der Waals surface area (Å²) in [4.78, 5) is 24.3. The highest BCUT2D eigenvalue weighted by Gasteiger charge is 2.24. The monoisotopic (exact) mass is 267 g/mol. The third-order valence-electron chi connectivity index (χ3n) is 2.97. The molecule has 0 aliphatic carbocycles. The Hall–Kier alpha value is -1.95. The highest BCUT2D eigenvalue weighted by atomic mass is 19.1. The number of amides is 1. The number of benzene rings is 1. The number of ether oxygens (including phenoxy) is 1. The fourth-order valence-corrected chi connectivity index (χ4v) is 1.99. The molecular formula is C13H14FNO4. The van der Waals surface area contributed by atoms with Crippen molar-refractivity contribution in [1.82, 2.24) is 4.90 Å². The zero-order chi connectivity index (χ0) is 14.0. The van der Waals surface area contributed by atoms with Crippen LogP contribution in [0.4, 0.5) is 4.39 Å². The van der Waals surface area contributed by atoms with Gasteiger partial charge in [0.05, 0.1) is 23.8 Å². The summed E-state index contributed by atoms with van der Waals surface area (Å²) < 4.78 is 19.1. The molecule has 1 aliphatic rings. The second-order valence-corrected chi connectivity index (χ2v) is 4.43. The van der Waals surface area contributed by atoms with Crippen molar-refractivity contribution in [3.05, 3.63) is 35.1 Å². The molecule has 1 saturated heterocycles. The number of hydrogen-bond acceptors (Lipinski definition) is 3. The van der Waals surface area contributed by atoms with Crippen molar-refractivity contribution in [2.45, 2.75) is 13.0 Å². The minimum atomic E-state index is -1.22. The smallest absolute Gasteiger partial charge is 0.335 e. The first-order valence-electron chi connectivity index (χ1n) is 5.92. The third kappa shape index (κ3) is 2.90. The highest BCUT2D eigenvalue weighted by molar-refractivity contribution is 5.96. The van der Waals surface area contributed by atoms with E-state index < -0.39 is 17.7 Å². The van der Waals surface area contributed by atoms with Crippen LogP contribution in [0.3, 0.4) is 0 Å². The van der Waals surface area contributed by atoms with Crippen LogP contribution in [-0.4, -0.2) is 47.7 Å². The van der Waals surface area contributed by atoms with Gasteiger partial charge in [-0.3, -0.25) is 4.79 Å². The zero-order valence-corrected chi connectivity index (χ0v) is 10.4. The van der Waals surface area contributed by atoms with Crippen LogP contribution in [0.2, 0.25) is 0 Å². The lowest BCUT2D eigenvalue weighted by Gasteiger charge is -2.31. The lowest BCUT2D eigenvalue weighted by Crippen LogP contribution is -2.44. The minimum absolute atomic E-state index is 0.0842. The molecule has 1 fully saturated rings. The van der Waals surface area contributed by atoms with Crippen molar-refractivity contribution in [3.63, 3.8) is 0 Å². The fraction of sp³-hybridized carbons (Fsp3) is 0.385. The molecule has 0 bridgehead atoms. The van der Waals surface area contributed by atoms with E-state index in [1.807, 2.05) is 6.92 Å². The van der Waals surface area contributed by atoms with Gasteiger partial charge in [0.15, 0.2) is 0 Å². The Balaban J connectivity index is 2.21. The number of carbonyl (C=O) groups excluding carboxylic acids is 1. The topological polar surface area (TPSA) is 66.8 Å². The molecule has 1 aliphatic heterocycles. The largest absolute Gasteiger partial charge is 0.478 e. The number of carboxylic acids is 1. The molecule has 1 unspecified atom stereocenters. The molecule has 1 N–H and O–H groups in total. The molecule has 5 nitrogen and oxygen atoms in total. The Kier molecular flexibility index (Phi) is 3.80. The molecule has 19 heavy (non-hydrogen) atoms. The molecule has 1 amide bonds. The summed E-state index contributed by atoms with van der Waals surface area (Å²) in [6, 6.07) is 3.29. The van der Waals surface area contributed by atoms with E-state index in [0.717, 1.165) is 6.07 Å². The summed E-state index contributed by atoms with van der Waals surface area (Å²) in [5, 5.41) is 8.74. The molecule has 0 radical (unpaired) electrons. The summed E-state index contributed by atoms with van der Waals surface area (Å²) in [6.45, 7) is 3.06. The van der Waals surface area contributed by atoms with Gasteiger partial charge in [0.25, 0.3) is 5.91 Å². The molecule has 102 valence electrons. The standard InChI is InChI=1S/C13H14FNO4/c1-8-7-15(4-5-19-8)12(16)10-3-2-9(13(17)18)6-11(10)14/h2-3,6,8H,4-5,7H2,1H3,(H,17,18). The van der Waals surface area contributed by atoms with E-state index in [1.54, 1.807) is 0 Å². The molecular weight excluding hydrogens is 253 g/mol. The Morgan fingerprint density at radius 1 is 1.47 bits per heavy atom. The van der Waals surface area contributed by atoms with Crippen LogP contribution >= 0.6 is 0 Å². The summed E-state index contributed by atoms with van der Waals surface area (Å²) in [5.74, 6) is -2.48. The van der Waals surface area contributed by atoms with Crippen molar-refractivity contribution in [2.75, 3.05) is 19.7 Å². The van der Waals surface area contributed by atoms with Crippen LogP contribution in [-0.2, 0) is 4.74 Å². The Bertz CT molecular complexity index is 517. The highest BCUT2D eigenvalue weighted by Crippen LogP contribution is 2.15. The predicted octanol–water partition coefficient (Wildman–Crippen LogP) is 1.38. The maximum atomic E-state index is 13.8. The molecule has 6 heteroatoms. The first-order chi connectivity index (χ1) is 8.99. The van der Waals surface area contributed by atoms with Crippen molar-refractivity contribution < 1.29 is 23.8 Å². The molecule has 1 aromatic carbocycles. The number of hydrogen-bond donors (Lipinski definition) is 1. The van der Waals surface area contributed by atoms with Crippen LogP contribution in [0.25, 0.3) is 0 Å². The molecule has 0 aromatic heterocycles. The number of morpholine rings is 1. The zero-order valence-electron chi connectivity index (χ0n) is 10.4. The number of carbonyl (C=O) groups is 2.